The van der Waals surface area contributed by atoms with Crippen molar-refractivity contribution in [3.05, 3.63) is 29.8 Å². The normalized spacial score (nSPS) is 22.8. The highest BCUT2D eigenvalue weighted by Crippen LogP contribution is 2.36. The second-order valence-corrected chi connectivity index (χ2v) is 4.21. The Kier molecular flexibility index (Phi) is 1.91. The van der Waals surface area contributed by atoms with Crippen molar-refractivity contribution in [3.63, 3.8) is 0 Å². The minimum atomic E-state index is 0.771. The smallest absolute Gasteiger partial charge is 0.0107 e. The third-order valence-electron chi connectivity index (χ3n) is 2.26. The van der Waals surface area contributed by atoms with Crippen molar-refractivity contribution in [1.29, 1.82) is 0 Å². The van der Waals surface area contributed by atoms with Crippen LogP contribution in [0.1, 0.15) is 24.8 Å². The molecule has 0 nitrogen and oxygen atoms in total. The van der Waals surface area contributed by atoms with Crippen LogP contribution in [0.4, 0.5) is 0 Å². The molecule has 0 N–H and O–H groups in total. The van der Waals surface area contributed by atoms with E-state index in [1.165, 1.54) is 17.1 Å². The maximum Gasteiger partial charge on any atom is 0.0107 e. The quantitative estimate of drug-likeness (QED) is 0.567. The predicted octanol–water partition coefficient (Wildman–Crippen LogP) is 3.29. The van der Waals surface area contributed by atoms with Crippen LogP contribution >= 0.6 is 11.8 Å². The van der Waals surface area contributed by atoms with Gasteiger partial charge in [-0.1, -0.05) is 25.1 Å². The van der Waals surface area contributed by atoms with E-state index in [2.05, 4.69) is 31.2 Å². The fourth-order valence-electron chi connectivity index (χ4n) is 1.52. The predicted molar refractivity (Wildman–Crippen MR) is 50.2 cm³/mol. The molecule has 0 unspecified atom stereocenters. The Morgan fingerprint density at radius 3 is 3.00 bits per heavy atom. The Labute approximate surface area is 72.0 Å². The van der Waals surface area contributed by atoms with Crippen LogP contribution in [0.25, 0.3) is 0 Å². The first kappa shape index (κ1) is 7.23. The SMILES string of the molecule is C[C@@H]1CCSc2ccccc21. The molecule has 0 saturated heterocycles. The minimum Gasteiger partial charge on any atom is -0.126 e. The van der Waals surface area contributed by atoms with Gasteiger partial charge in [0.05, 0.1) is 0 Å². The monoisotopic (exact) mass is 164 g/mol. The molecule has 0 radical (unpaired) electrons. The van der Waals surface area contributed by atoms with Gasteiger partial charge >= 0.3 is 0 Å². The fraction of sp³-hybridized carbons (Fsp3) is 0.400. The van der Waals surface area contributed by atoms with Gasteiger partial charge in [0.25, 0.3) is 0 Å². The topological polar surface area (TPSA) is 0 Å². The summed E-state index contributed by atoms with van der Waals surface area (Å²) in [5.41, 5.74) is 1.55. The van der Waals surface area contributed by atoms with E-state index in [0.29, 0.717) is 0 Å². The van der Waals surface area contributed by atoms with Gasteiger partial charge in [-0.15, -0.1) is 11.8 Å². The Morgan fingerprint density at radius 1 is 1.36 bits per heavy atom. The van der Waals surface area contributed by atoms with E-state index in [9.17, 15) is 0 Å². The number of thioether (sulfide) groups is 1. The van der Waals surface area contributed by atoms with Crippen LogP contribution in [0.2, 0.25) is 0 Å². The van der Waals surface area contributed by atoms with Crippen molar-refractivity contribution in [2.24, 2.45) is 0 Å². The zero-order valence-corrected chi connectivity index (χ0v) is 7.53. The number of benzene rings is 1. The maximum atomic E-state index is 2.32. The zero-order chi connectivity index (χ0) is 7.68. The lowest BCUT2D eigenvalue weighted by molar-refractivity contribution is 0.713. The molecule has 1 heterocycles. The first-order valence-corrected chi connectivity index (χ1v) is 5.08. The summed E-state index contributed by atoms with van der Waals surface area (Å²) in [4.78, 5) is 1.49. The molecular weight excluding hydrogens is 152 g/mol. The van der Waals surface area contributed by atoms with Crippen LogP contribution in [0.3, 0.4) is 0 Å². The van der Waals surface area contributed by atoms with Crippen molar-refractivity contribution in [2.75, 3.05) is 5.75 Å². The van der Waals surface area contributed by atoms with Gasteiger partial charge in [0, 0.05) is 4.90 Å². The molecule has 0 amide bonds. The van der Waals surface area contributed by atoms with Gasteiger partial charge in [0.15, 0.2) is 0 Å². The molecule has 1 aromatic carbocycles. The number of hydrogen-bond acceptors (Lipinski definition) is 1. The van der Waals surface area contributed by atoms with Crippen LogP contribution in [0.15, 0.2) is 29.2 Å². The zero-order valence-electron chi connectivity index (χ0n) is 6.71. The highest BCUT2D eigenvalue weighted by Gasteiger charge is 2.14. The molecule has 1 heteroatoms. The third-order valence-corrected chi connectivity index (χ3v) is 3.38. The van der Waals surface area contributed by atoms with Crippen molar-refractivity contribution < 1.29 is 0 Å². The van der Waals surface area contributed by atoms with E-state index in [1.54, 1.807) is 5.56 Å². The minimum absolute atomic E-state index is 0.771. The van der Waals surface area contributed by atoms with E-state index in [4.69, 9.17) is 0 Å². The molecule has 1 aliphatic heterocycles. The summed E-state index contributed by atoms with van der Waals surface area (Å²) in [5.74, 6) is 2.06. The van der Waals surface area contributed by atoms with Crippen molar-refractivity contribution >= 4 is 11.8 Å². The second-order valence-electron chi connectivity index (χ2n) is 3.08. The summed E-state index contributed by atoms with van der Waals surface area (Å²) in [6.07, 6.45) is 1.34. The van der Waals surface area contributed by atoms with Gasteiger partial charge in [-0.3, -0.25) is 0 Å². The lowest BCUT2D eigenvalue weighted by Crippen LogP contribution is -2.02. The van der Waals surface area contributed by atoms with E-state index in [-0.39, 0.29) is 0 Å². The largest absolute Gasteiger partial charge is 0.126 e. The van der Waals surface area contributed by atoms with Gasteiger partial charge in [-0.2, -0.15) is 0 Å². The molecule has 0 fully saturated rings. The highest BCUT2D eigenvalue weighted by molar-refractivity contribution is 7.99. The van der Waals surface area contributed by atoms with E-state index in [0.717, 1.165) is 5.92 Å². The maximum absolute atomic E-state index is 2.32. The average molecular weight is 164 g/mol. The lowest BCUT2D eigenvalue weighted by Gasteiger charge is -2.20. The van der Waals surface area contributed by atoms with Gasteiger partial charge in [-0.25, -0.2) is 0 Å². The molecule has 1 aromatic rings. The summed E-state index contributed by atoms with van der Waals surface area (Å²) in [6.45, 7) is 2.32. The summed E-state index contributed by atoms with van der Waals surface area (Å²) >= 11 is 1.99. The number of fused-ring (bicyclic) bond motifs is 1. The van der Waals surface area contributed by atoms with Crippen LogP contribution in [-0.2, 0) is 0 Å². The van der Waals surface area contributed by atoms with Gasteiger partial charge in [-0.05, 0) is 29.7 Å². The van der Waals surface area contributed by atoms with Gasteiger partial charge in [0.2, 0.25) is 0 Å². The van der Waals surface area contributed by atoms with Crippen molar-refractivity contribution in [1.82, 2.24) is 0 Å². The second kappa shape index (κ2) is 2.90. The Bertz CT molecular complexity index is 255. The first-order chi connectivity index (χ1) is 5.38. The summed E-state index contributed by atoms with van der Waals surface area (Å²) in [7, 11) is 0. The average Bonchev–Trinajstić information content (AvgIpc) is 2.06. The molecule has 1 aliphatic rings. The van der Waals surface area contributed by atoms with Crippen LogP contribution in [0.5, 0.6) is 0 Å². The van der Waals surface area contributed by atoms with Gasteiger partial charge < -0.3 is 0 Å². The lowest BCUT2D eigenvalue weighted by atomic mass is 9.98. The molecule has 0 aliphatic carbocycles. The summed E-state index contributed by atoms with van der Waals surface area (Å²) < 4.78 is 0. The highest BCUT2D eigenvalue weighted by atomic mass is 32.2. The number of hydrogen-bond donors (Lipinski definition) is 0. The third kappa shape index (κ3) is 1.30. The Morgan fingerprint density at radius 2 is 2.18 bits per heavy atom. The van der Waals surface area contributed by atoms with Crippen LogP contribution in [-0.4, -0.2) is 5.75 Å². The van der Waals surface area contributed by atoms with Crippen molar-refractivity contribution in [3.8, 4) is 0 Å². The Hall–Kier alpha value is -0.430. The van der Waals surface area contributed by atoms with E-state index in [1.807, 2.05) is 11.8 Å². The molecular formula is C10H12S. The van der Waals surface area contributed by atoms with E-state index >= 15 is 0 Å². The summed E-state index contributed by atoms with van der Waals surface area (Å²) in [5, 5.41) is 0. The number of rotatable bonds is 0. The fourth-order valence-corrected chi connectivity index (χ4v) is 2.82. The van der Waals surface area contributed by atoms with Gasteiger partial charge in [0.1, 0.15) is 0 Å². The molecule has 2 rings (SSSR count). The molecule has 0 bridgehead atoms. The molecule has 0 spiro atoms. The van der Waals surface area contributed by atoms with Crippen LogP contribution in [0, 0.1) is 0 Å². The molecule has 0 saturated carbocycles. The van der Waals surface area contributed by atoms with Crippen molar-refractivity contribution in [2.45, 2.75) is 24.2 Å². The molecule has 0 aromatic heterocycles. The standard InChI is InChI=1S/C10H12S/c1-8-6-7-11-10-5-3-2-4-9(8)10/h2-5,8H,6-7H2,1H3/t8-/m1/s1. The van der Waals surface area contributed by atoms with E-state index < -0.39 is 0 Å². The van der Waals surface area contributed by atoms with Crippen LogP contribution < -0.4 is 0 Å². The summed E-state index contributed by atoms with van der Waals surface area (Å²) in [6, 6.07) is 8.76. The Balaban J connectivity index is 2.44. The molecule has 1 atom stereocenters. The molecule has 58 valence electrons. The first-order valence-electron chi connectivity index (χ1n) is 4.09. The molecule has 11 heavy (non-hydrogen) atoms.